The van der Waals surface area contributed by atoms with E-state index in [1.165, 1.54) is 0 Å². The minimum Gasteiger partial charge on any atom is -0.456 e. The third-order valence-electron chi connectivity index (χ3n) is 2.50. The lowest BCUT2D eigenvalue weighted by Crippen LogP contribution is -2.22. The van der Waals surface area contributed by atoms with Crippen LogP contribution in [-0.4, -0.2) is 12.5 Å². The number of rotatable bonds is 4. The fraction of sp³-hybridized carbons (Fsp3) is 0.133. The van der Waals surface area contributed by atoms with Gasteiger partial charge in [0.25, 0.3) is 5.91 Å². The van der Waals surface area contributed by atoms with Crippen molar-refractivity contribution in [3.63, 3.8) is 0 Å². The molecule has 0 aliphatic heterocycles. The minimum atomic E-state index is -0.118. The van der Waals surface area contributed by atoms with Crippen molar-refractivity contribution in [1.82, 2.24) is 5.32 Å². The summed E-state index contributed by atoms with van der Waals surface area (Å²) in [4.78, 5) is 11.7. The van der Waals surface area contributed by atoms with E-state index in [2.05, 4.69) is 5.32 Å². The lowest BCUT2D eigenvalue weighted by molar-refractivity contribution is 0.0955. The van der Waals surface area contributed by atoms with Gasteiger partial charge in [-0.3, -0.25) is 4.79 Å². The highest BCUT2D eigenvalue weighted by molar-refractivity contribution is 6.32. The number of amides is 1. The minimum absolute atomic E-state index is 0.118. The Kier molecular flexibility index (Phi) is 4.42. The SMILES string of the molecule is CCNC(=O)c1cccc(Oc2ccccc2Cl)c1. The van der Waals surface area contributed by atoms with Crippen molar-refractivity contribution in [2.24, 2.45) is 0 Å². The summed E-state index contributed by atoms with van der Waals surface area (Å²) < 4.78 is 5.67. The molecule has 0 heterocycles. The Morgan fingerprint density at radius 2 is 2.00 bits per heavy atom. The standard InChI is InChI=1S/C15H14ClNO2/c1-2-17-15(18)11-6-5-7-12(10-11)19-14-9-4-3-8-13(14)16/h3-10H,2H2,1H3,(H,17,18). The molecular weight excluding hydrogens is 262 g/mol. The summed E-state index contributed by atoms with van der Waals surface area (Å²) in [6.45, 7) is 2.47. The highest BCUT2D eigenvalue weighted by atomic mass is 35.5. The lowest BCUT2D eigenvalue weighted by Gasteiger charge is -2.08. The molecule has 1 N–H and O–H groups in total. The van der Waals surface area contributed by atoms with Crippen molar-refractivity contribution < 1.29 is 9.53 Å². The summed E-state index contributed by atoms with van der Waals surface area (Å²) in [6.07, 6.45) is 0. The molecule has 0 bridgehead atoms. The topological polar surface area (TPSA) is 38.3 Å². The van der Waals surface area contributed by atoms with E-state index in [0.29, 0.717) is 28.6 Å². The number of ether oxygens (including phenoxy) is 1. The highest BCUT2D eigenvalue weighted by Gasteiger charge is 2.07. The first-order valence-corrected chi connectivity index (χ1v) is 6.39. The van der Waals surface area contributed by atoms with Crippen LogP contribution in [0, 0.1) is 0 Å². The molecule has 0 aliphatic carbocycles. The van der Waals surface area contributed by atoms with E-state index in [9.17, 15) is 4.79 Å². The molecule has 0 saturated carbocycles. The van der Waals surface area contributed by atoms with Crippen LogP contribution in [0.25, 0.3) is 0 Å². The quantitative estimate of drug-likeness (QED) is 0.919. The van der Waals surface area contributed by atoms with E-state index >= 15 is 0 Å². The van der Waals surface area contributed by atoms with Crippen LogP contribution in [0.3, 0.4) is 0 Å². The molecule has 19 heavy (non-hydrogen) atoms. The van der Waals surface area contributed by atoms with Crippen LogP contribution < -0.4 is 10.1 Å². The number of para-hydroxylation sites is 1. The van der Waals surface area contributed by atoms with Crippen LogP contribution in [-0.2, 0) is 0 Å². The van der Waals surface area contributed by atoms with Crippen LogP contribution in [0.4, 0.5) is 0 Å². The summed E-state index contributed by atoms with van der Waals surface area (Å²) in [6, 6.07) is 14.2. The van der Waals surface area contributed by atoms with Crippen molar-refractivity contribution in [3.8, 4) is 11.5 Å². The Hall–Kier alpha value is -2.00. The predicted molar refractivity (Wildman–Crippen MR) is 76.0 cm³/mol. The Morgan fingerprint density at radius 1 is 1.21 bits per heavy atom. The van der Waals surface area contributed by atoms with Crippen LogP contribution in [0.15, 0.2) is 48.5 Å². The molecular formula is C15H14ClNO2. The molecule has 0 spiro atoms. The smallest absolute Gasteiger partial charge is 0.251 e. The molecule has 1 amide bonds. The number of hydrogen-bond donors (Lipinski definition) is 1. The molecule has 0 unspecified atom stereocenters. The zero-order valence-electron chi connectivity index (χ0n) is 10.5. The second-order valence-corrected chi connectivity index (χ2v) is 4.33. The Balaban J connectivity index is 2.20. The second-order valence-electron chi connectivity index (χ2n) is 3.92. The summed E-state index contributed by atoms with van der Waals surface area (Å²) in [5.74, 6) is 1.03. The van der Waals surface area contributed by atoms with E-state index < -0.39 is 0 Å². The molecule has 4 heteroatoms. The van der Waals surface area contributed by atoms with Gasteiger partial charge in [-0.05, 0) is 37.3 Å². The largest absolute Gasteiger partial charge is 0.456 e. The fourth-order valence-corrected chi connectivity index (χ4v) is 1.79. The van der Waals surface area contributed by atoms with Crippen molar-refractivity contribution in [2.45, 2.75) is 6.92 Å². The van der Waals surface area contributed by atoms with Crippen LogP contribution >= 0.6 is 11.6 Å². The predicted octanol–water partition coefficient (Wildman–Crippen LogP) is 3.88. The number of halogens is 1. The Labute approximate surface area is 117 Å². The maximum Gasteiger partial charge on any atom is 0.251 e. The van der Waals surface area contributed by atoms with Crippen molar-refractivity contribution >= 4 is 17.5 Å². The van der Waals surface area contributed by atoms with Gasteiger partial charge in [-0.1, -0.05) is 29.8 Å². The Morgan fingerprint density at radius 3 is 2.74 bits per heavy atom. The zero-order chi connectivity index (χ0) is 13.7. The molecule has 0 aliphatic rings. The van der Waals surface area contributed by atoms with E-state index in [-0.39, 0.29) is 5.91 Å². The maximum atomic E-state index is 11.7. The molecule has 0 fully saturated rings. The van der Waals surface area contributed by atoms with E-state index in [4.69, 9.17) is 16.3 Å². The number of carbonyl (C=O) groups is 1. The maximum absolute atomic E-state index is 11.7. The molecule has 2 aromatic rings. The van der Waals surface area contributed by atoms with Crippen molar-refractivity contribution in [1.29, 1.82) is 0 Å². The first-order chi connectivity index (χ1) is 9.20. The van der Waals surface area contributed by atoms with Gasteiger partial charge in [0.05, 0.1) is 5.02 Å². The zero-order valence-corrected chi connectivity index (χ0v) is 11.3. The van der Waals surface area contributed by atoms with E-state index in [1.807, 2.05) is 19.1 Å². The molecule has 0 saturated heterocycles. The first-order valence-electron chi connectivity index (χ1n) is 6.01. The third kappa shape index (κ3) is 3.48. The number of benzene rings is 2. The van der Waals surface area contributed by atoms with Crippen molar-refractivity contribution in [3.05, 3.63) is 59.1 Å². The molecule has 2 rings (SSSR count). The summed E-state index contributed by atoms with van der Waals surface area (Å²) >= 11 is 6.02. The van der Waals surface area contributed by atoms with Gasteiger partial charge in [0, 0.05) is 12.1 Å². The number of carbonyl (C=O) groups excluding carboxylic acids is 1. The average Bonchev–Trinajstić information content (AvgIpc) is 2.42. The number of hydrogen-bond acceptors (Lipinski definition) is 2. The number of nitrogens with one attached hydrogen (secondary N) is 1. The summed E-state index contributed by atoms with van der Waals surface area (Å²) in [7, 11) is 0. The fourth-order valence-electron chi connectivity index (χ4n) is 1.62. The molecule has 0 atom stereocenters. The Bertz CT molecular complexity index is 584. The van der Waals surface area contributed by atoms with E-state index in [1.54, 1.807) is 36.4 Å². The summed E-state index contributed by atoms with van der Waals surface area (Å²) in [5.41, 5.74) is 0.561. The van der Waals surface area contributed by atoms with Gasteiger partial charge in [-0.2, -0.15) is 0 Å². The monoisotopic (exact) mass is 275 g/mol. The molecule has 2 aromatic carbocycles. The van der Waals surface area contributed by atoms with Gasteiger partial charge in [-0.25, -0.2) is 0 Å². The van der Waals surface area contributed by atoms with Gasteiger partial charge in [0.2, 0.25) is 0 Å². The van der Waals surface area contributed by atoms with Crippen LogP contribution in [0.2, 0.25) is 5.02 Å². The second kappa shape index (κ2) is 6.25. The van der Waals surface area contributed by atoms with Crippen LogP contribution in [0.1, 0.15) is 17.3 Å². The van der Waals surface area contributed by atoms with Gasteiger partial charge >= 0.3 is 0 Å². The lowest BCUT2D eigenvalue weighted by atomic mass is 10.2. The molecule has 0 aromatic heterocycles. The van der Waals surface area contributed by atoms with Gasteiger partial charge in [0.1, 0.15) is 11.5 Å². The van der Waals surface area contributed by atoms with E-state index in [0.717, 1.165) is 0 Å². The third-order valence-corrected chi connectivity index (χ3v) is 2.81. The van der Waals surface area contributed by atoms with Crippen molar-refractivity contribution in [2.75, 3.05) is 6.54 Å². The normalized spacial score (nSPS) is 10.0. The molecule has 98 valence electrons. The van der Waals surface area contributed by atoms with Gasteiger partial charge in [0.15, 0.2) is 0 Å². The van der Waals surface area contributed by atoms with Gasteiger partial charge < -0.3 is 10.1 Å². The summed E-state index contributed by atoms with van der Waals surface area (Å²) in [5, 5.41) is 3.28. The first kappa shape index (κ1) is 13.4. The average molecular weight is 276 g/mol. The molecule has 3 nitrogen and oxygen atoms in total. The van der Waals surface area contributed by atoms with Crippen LogP contribution in [0.5, 0.6) is 11.5 Å². The highest BCUT2D eigenvalue weighted by Crippen LogP contribution is 2.29. The van der Waals surface area contributed by atoms with Gasteiger partial charge in [-0.15, -0.1) is 0 Å². The molecule has 0 radical (unpaired) electrons.